The number of nitrogens with one attached hydrogen (secondary N) is 1. The number of rotatable bonds is 3. The average molecular weight is 266 g/mol. The molecule has 3 aromatic rings. The second-order valence-electron chi connectivity index (χ2n) is 4.60. The van der Waals surface area contributed by atoms with Crippen LogP contribution in [-0.2, 0) is 11.2 Å². The van der Waals surface area contributed by atoms with Gasteiger partial charge in [0.2, 0.25) is 0 Å². The molecule has 0 saturated heterocycles. The van der Waals surface area contributed by atoms with E-state index < -0.39 is 0 Å². The number of carbonyl (C=O) groups excluding carboxylic acids is 1. The number of imidazole rings is 1. The molecule has 0 aliphatic rings. The van der Waals surface area contributed by atoms with Crippen molar-refractivity contribution in [2.24, 2.45) is 0 Å². The van der Waals surface area contributed by atoms with Crippen LogP contribution in [0, 0.1) is 0 Å². The highest BCUT2D eigenvalue weighted by Crippen LogP contribution is 2.19. The Morgan fingerprint density at radius 2 is 2.00 bits per heavy atom. The van der Waals surface area contributed by atoms with Crippen LogP contribution >= 0.6 is 0 Å². The summed E-state index contributed by atoms with van der Waals surface area (Å²) in [5.74, 6) is 0.627. The molecular weight excluding hydrogens is 252 g/mol. The summed E-state index contributed by atoms with van der Waals surface area (Å²) in [5.41, 5.74) is 1.75. The van der Waals surface area contributed by atoms with E-state index in [4.69, 9.17) is 4.74 Å². The monoisotopic (exact) mass is 266 g/mol. The van der Waals surface area contributed by atoms with Gasteiger partial charge in [-0.15, -0.1) is 0 Å². The third kappa shape index (κ3) is 2.40. The van der Waals surface area contributed by atoms with Crippen molar-refractivity contribution < 1.29 is 9.53 Å². The summed E-state index contributed by atoms with van der Waals surface area (Å²) in [6, 6.07) is 11.7. The third-order valence-corrected chi connectivity index (χ3v) is 3.25. The minimum Gasteiger partial charge on any atom is -0.465 e. The van der Waals surface area contributed by atoms with Gasteiger partial charge < -0.3 is 9.72 Å². The minimum atomic E-state index is -0.313. The van der Waals surface area contributed by atoms with Crippen LogP contribution in [0.2, 0.25) is 0 Å². The van der Waals surface area contributed by atoms with Crippen LogP contribution in [0.15, 0.2) is 48.8 Å². The van der Waals surface area contributed by atoms with Gasteiger partial charge in [0.15, 0.2) is 0 Å². The normalized spacial score (nSPS) is 10.7. The third-order valence-electron chi connectivity index (χ3n) is 3.25. The second-order valence-corrected chi connectivity index (χ2v) is 4.60. The van der Waals surface area contributed by atoms with Crippen LogP contribution in [0.4, 0.5) is 0 Å². The van der Waals surface area contributed by atoms with Gasteiger partial charge in [-0.25, -0.2) is 9.78 Å². The van der Waals surface area contributed by atoms with Gasteiger partial charge in [-0.05, 0) is 28.5 Å². The average Bonchev–Trinajstić information content (AvgIpc) is 2.98. The van der Waals surface area contributed by atoms with Gasteiger partial charge in [0.25, 0.3) is 0 Å². The standard InChI is InChI=1S/C16H14N2O2/c1-20-16(19)14-5-4-12-8-11(2-3-13(12)10-14)9-15-17-6-7-18-15/h2-8,10H,9H2,1H3,(H,17,18). The molecule has 1 N–H and O–H groups in total. The number of aromatic amines is 1. The van der Waals surface area contributed by atoms with Crippen LogP contribution in [0.1, 0.15) is 21.7 Å². The van der Waals surface area contributed by atoms with E-state index in [2.05, 4.69) is 16.0 Å². The number of hydrogen-bond acceptors (Lipinski definition) is 3. The molecule has 4 heteroatoms. The van der Waals surface area contributed by atoms with Crippen LogP contribution in [-0.4, -0.2) is 23.0 Å². The SMILES string of the molecule is COC(=O)c1ccc2cc(Cc3ncc[nH]3)ccc2c1. The Hall–Kier alpha value is -2.62. The van der Waals surface area contributed by atoms with Crippen molar-refractivity contribution in [3.63, 3.8) is 0 Å². The van der Waals surface area contributed by atoms with Gasteiger partial charge in [0.05, 0.1) is 12.7 Å². The topological polar surface area (TPSA) is 55.0 Å². The number of carbonyl (C=O) groups is 1. The largest absolute Gasteiger partial charge is 0.465 e. The number of ether oxygens (including phenoxy) is 1. The number of H-pyrrole nitrogens is 1. The summed E-state index contributed by atoms with van der Waals surface area (Å²) in [4.78, 5) is 18.8. The Kier molecular flexibility index (Phi) is 3.21. The predicted molar refractivity (Wildman–Crippen MR) is 76.7 cm³/mol. The van der Waals surface area contributed by atoms with Crippen molar-refractivity contribution in [2.75, 3.05) is 7.11 Å². The van der Waals surface area contributed by atoms with Gasteiger partial charge in [0.1, 0.15) is 5.82 Å². The summed E-state index contributed by atoms with van der Waals surface area (Å²) in [7, 11) is 1.39. The lowest BCUT2D eigenvalue weighted by molar-refractivity contribution is 0.0601. The van der Waals surface area contributed by atoms with Gasteiger partial charge in [-0.2, -0.15) is 0 Å². The van der Waals surface area contributed by atoms with Crippen molar-refractivity contribution in [1.29, 1.82) is 0 Å². The molecule has 0 unspecified atom stereocenters. The molecule has 0 amide bonds. The van der Waals surface area contributed by atoms with E-state index >= 15 is 0 Å². The second kappa shape index (κ2) is 5.17. The molecule has 3 rings (SSSR count). The molecule has 0 fully saturated rings. The zero-order valence-corrected chi connectivity index (χ0v) is 11.1. The fourth-order valence-corrected chi connectivity index (χ4v) is 2.24. The number of fused-ring (bicyclic) bond motifs is 1. The fourth-order valence-electron chi connectivity index (χ4n) is 2.24. The number of aromatic nitrogens is 2. The molecular formula is C16H14N2O2. The minimum absolute atomic E-state index is 0.313. The van der Waals surface area contributed by atoms with E-state index in [9.17, 15) is 4.79 Å². The lowest BCUT2D eigenvalue weighted by Crippen LogP contribution is -2.00. The number of methoxy groups -OCH3 is 1. The highest BCUT2D eigenvalue weighted by Gasteiger charge is 2.06. The molecule has 1 heterocycles. The summed E-state index contributed by atoms with van der Waals surface area (Å²) in [6.07, 6.45) is 4.33. The molecule has 0 saturated carbocycles. The van der Waals surface area contributed by atoms with Crippen LogP contribution in [0.25, 0.3) is 10.8 Å². The number of esters is 1. The first kappa shape index (κ1) is 12.4. The van der Waals surface area contributed by atoms with E-state index in [-0.39, 0.29) is 5.97 Å². The maximum absolute atomic E-state index is 11.5. The summed E-state index contributed by atoms with van der Waals surface area (Å²) in [5, 5.41) is 2.12. The van der Waals surface area contributed by atoms with Crippen LogP contribution in [0.5, 0.6) is 0 Å². The molecule has 0 atom stereocenters. The van der Waals surface area contributed by atoms with E-state index in [0.29, 0.717) is 5.56 Å². The van der Waals surface area contributed by atoms with E-state index in [0.717, 1.165) is 23.0 Å². The first-order valence-electron chi connectivity index (χ1n) is 6.35. The lowest BCUT2D eigenvalue weighted by Gasteiger charge is -2.05. The Balaban J connectivity index is 1.94. The van der Waals surface area contributed by atoms with Crippen molar-refractivity contribution >= 4 is 16.7 Å². The Bertz CT molecular complexity index is 748. The molecule has 100 valence electrons. The van der Waals surface area contributed by atoms with Crippen LogP contribution < -0.4 is 0 Å². The number of benzene rings is 2. The molecule has 1 aromatic heterocycles. The first-order chi connectivity index (χ1) is 9.76. The molecule has 2 aromatic carbocycles. The maximum atomic E-state index is 11.5. The van der Waals surface area contributed by atoms with Gasteiger partial charge in [-0.3, -0.25) is 0 Å². The predicted octanol–water partition coefficient (Wildman–Crippen LogP) is 2.94. The summed E-state index contributed by atoms with van der Waals surface area (Å²) < 4.78 is 4.73. The van der Waals surface area contributed by atoms with Gasteiger partial charge in [0, 0.05) is 18.8 Å². The Morgan fingerprint density at radius 3 is 2.75 bits per heavy atom. The van der Waals surface area contributed by atoms with Gasteiger partial charge in [-0.1, -0.05) is 24.3 Å². The van der Waals surface area contributed by atoms with Gasteiger partial charge >= 0.3 is 5.97 Å². The smallest absolute Gasteiger partial charge is 0.337 e. The fraction of sp³-hybridized carbons (Fsp3) is 0.125. The van der Waals surface area contributed by atoms with E-state index in [1.165, 1.54) is 12.7 Å². The number of nitrogens with zero attached hydrogens (tertiary/aromatic N) is 1. The Morgan fingerprint density at radius 1 is 1.20 bits per heavy atom. The Labute approximate surface area is 116 Å². The van der Waals surface area contributed by atoms with Crippen LogP contribution in [0.3, 0.4) is 0 Å². The summed E-state index contributed by atoms with van der Waals surface area (Å²) >= 11 is 0. The molecule has 0 aliphatic carbocycles. The van der Waals surface area contributed by atoms with Crippen molar-refractivity contribution in [1.82, 2.24) is 9.97 Å². The number of hydrogen-bond donors (Lipinski definition) is 1. The zero-order valence-electron chi connectivity index (χ0n) is 11.1. The van der Waals surface area contributed by atoms with Crippen molar-refractivity contribution in [3.8, 4) is 0 Å². The maximum Gasteiger partial charge on any atom is 0.337 e. The molecule has 0 aliphatic heterocycles. The van der Waals surface area contributed by atoms with E-state index in [1.54, 1.807) is 12.3 Å². The van der Waals surface area contributed by atoms with Crippen molar-refractivity contribution in [3.05, 3.63) is 65.7 Å². The lowest BCUT2D eigenvalue weighted by atomic mass is 10.0. The molecule has 4 nitrogen and oxygen atoms in total. The quantitative estimate of drug-likeness (QED) is 0.741. The molecule has 20 heavy (non-hydrogen) atoms. The molecule has 0 radical (unpaired) electrons. The molecule has 0 bridgehead atoms. The zero-order chi connectivity index (χ0) is 13.9. The first-order valence-corrected chi connectivity index (χ1v) is 6.35. The highest BCUT2D eigenvalue weighted by molar-refractivity contribution is 5.95. The van der Waals surface area contributed by atoms with E-state index in [1.807, 2.05) is 30.5 Å². The molecule has 0 spiro atoms. The highest BCUT2D eigenvalue weighted by atomic mass is 16.5. The van der Waals surface area contributed by atoms with Crippen molar-refractivity contribution in [2.45, 2.75) is 6.42 Å². The summed E-state index contributed by atoms with van der Waals surface area (Å²) in [6.45, 7) is 0.